The molecule has 0 amide bonds. The van der Waals surface area contributed by atoms with Crippen molar-refractivity contribution in [3.63, 3.8) is 0 Å². The van der Waals surface area contributed by atoms with Crippen LogP contribution in [0, 0.1) is 5.92 Å². The Hall–Kier alpha value is -1.32. The smallest absolute Gasteiger partial charge is 0.126 e. The van der Waals surface area contributed by atoms with Crippen LogP contribution < -0.4 is 5.73 Å². The Balaban J connectivity index is 2.04. The van der Waals surface area contributed by atoms with E-state index in [2.05, 4.69) is 24.5 Å². The van der Waals surface area contributed by atoms with Crippen molar-refractivity contribution in [1.29, 1.82) is 0 Å². The van der Waals surface area contributed by atoms with Gasteiger partial charge in [0, 0.05) is 23.1 Å². The number of dihydropyridines is 1. The first-order chi connectivity index (χ1) is 10.5. The van der Waals surface area contributed by atoms with E-state index in [1.807, 2.05) is 13.0 Å². The summed E-state index contributed by atoms with van der Waals surface area (Å²) in [6.07, 6.45) is 6.69. The second kappa shape index (κ2) is 6.05. The maximum Gasteiger partial charge on any atom is 0.126 e. The quantitative estimate of drug-likeness (QED) is 0.867. The van der Waals surface area contributed by atoms with Gasteiger partial charge in [0.25, 0.3) is 0 Å². The summed E-state index contributed by atoms with van der Waals surface area (Å²) in [5, 5.41) is 0.800. The van der Waals surface area contributed by atoms with Gasteiger partial charge in [-0.1, -0.05) is 24.3 Å². The number of likely N-dealkylation sites (tertiary alicyclic amines) is 1. The second-order valence-electron chi connectivity index (χ2n) is 6.59. The molecule has 3 aliphatic rings. The highest BCUT2D eigenvalue weighted by molar-refractivity contribution is 6.31. The van der Waals surface area contributed by atoms with Crippen LogP contribution in [0.15, 0.2) is 51.0 Å². The monoisotopic (exact) mass is 317 g/mol. The highest BCUT2D eigenvalue weighted by Gasteiger charge is 2.35. The SMILES string of the molecule is C=C(C)C1=C(CN2CCCC2)C2C=C(Cl)C=C(C)C2N=C1N. The molecule has 1 fully saturated rings. The Morgan fingerprint density at radius 3 is 2.77 bits per heavy atom. The van der Waals surface area contributed by atoms with Crippen molar-refractivity contribution in [2.24, 2.45) is 16.6 Å². The van der Waals surface area contributed by atoms with E-state index in [-0.39, 0.29) is 12.0 Å². The first-order valence-electron chi connectivity index (χ1n) is 7.98. The predicted molar refractivity (Wildman–Crippen MR) is 94.1 cm³/mol. The number of fused-ring (bicyclic) bond motifs is 1. The van der Waals surface area contributed by atoms with Crippen LogP contribution in [-0.2, 0) is 0 Å². The normalized spacial score (nSPS) is 29.0. The van der Waals surface area contributed by atoms with Crippen molar-refractivity contribution < 1.29 is 0 Å². The van der Waals surface area contributed by atoms with Crippen molar-refractivity contribution in [2.45, 2.75) is 32.7 Å². The maximum absolute atomic E-state index is 6.32. The Kier molecular flexibility index (Phi) is 4.28. The summed E-state index contributed by atoms with van der Waals surface area (Å²) >= 11 is 6.32. The first kappa shape index (κ1) is 15.6. The highest BCUT2D eigenvalue weighted by Crippen LogP contribution is 2.38. The zero-order chi connectivity index (χ0) is 15.9. The van der Waals surface area contributed by atoms with Crippen LogP contribution in [0.2, 0.25) is 0 Å². The standard InChI is InChI=1S/C18H24ClN3/c1-11(2)16-15(10-22-6-4-5-7-22)14-9-13(19)8-12(3)17(14)21-18(16)20/h8-9,14,17H,1,4-7,10H2,2-3H3,(H2,20,21). The van der Waals surface area contributed by atoms with Gasteiger partial charge in [-0.3, -0.25) is 9.89 Å². The molecule has 3 nitrogen and oxygen atoms in total. The van der Waals surface area contributed by atoms with Gasteiger partial charge in [0.05, 0.1) is 6.04 Å². The van der Waals surface area contributed by atoms with Gasteiger partial charge in [-0.05, 0) is 62.6 Å². The van der Waals surface area contributed by atoms with Gasteiger partial charge < -0.3 is 5.73 Å². The molecule has 2 atom stereocenters. The third kappa shape index (κ3) is 2.80. The number of hydrogen-bond acceptors (Lipinski definition) is 3. The third-order valence-electron chi connectivity index (χ3n) is 4.79. The summed E-state index contributed by atoms with van der Waals surface area (Å²) < 4.78 is 0. The van der Waals surface area contributed by atoms with E-state index in [9.17, 15) is 0 Å². The van der Waals surface area contributed by atoms with E-state index < -0.39 is 0 Å². The Morgan fingerprint density at radius 1 is 1.45 bits per heavy atom. The minimum Gasteiger partial charge on any atom is -0.383 e. The van der Waals surface area contributed by atoms with E-state index in [4.69, 9.17) is 22.3 Å². The molecular formula is C18H24ClN3. The lowest BCUT2D eigenvalue weighted by Crippen LogP contribution is -2.38. The number of nitrogens with zero attached hydrogens (tertiary/aromatic N) is 2. The van der Waals surface area contributed by atoms with E-state index >= 15 is 0 Å². The molecule has 3 rings (SSSR count). The molecule has 0 bridgehead atoms. The molecule has 2 aliphatic heterocycles. The van der Waals surface area contributed by atoms with Crippen molar-refractivity contribution in [3.8, 4) is 0 Å². The third-order valence-corrected chi connectivity index (χ3v) is 5.02. The van der Waals surface area contributed by atoms with Crippen molar-refractivity contribution in [2.75, 3.05) is 19.6 Å². The molecular weight excluding hydrogens is 294 g/mol. The highest BCUT2D eigenvalue weighted by atomic mass is 35.5. The number of rotatable bonds is 3. The molecule has 2 N–H and O–H groups in total. The summed E-state index contributed by atoms with van der Waals surface area (Å²) in [6.45, 7) is 11.5. The summed E-state index contributed by atoms with van der Waals surface area (Å²) in [4.78, 5) is 7.24. The lowest BCUT2D eigenvalue weighted by molar-refractivity contribution is 0.353. The van der Waals surface area contributed by atoms with Gasteiger partial charge in [-0.2, -0.15) is 0 Å². The van der Waals surface area contributed by atoms with Gasteiger partial charge in [-0.25, -0.2) is 0 Å². The summed E-state index contributed by atoms with van der Waals surface area (Å²) in [7, 11) is 0. The van der Waals surface area contributed by atoms with Crippen LogP contribution in [-0.4, -0.2) is 36.4 Å². The number of nitrogens with two attached hydrogens (primary N) is 1. The van der Waals surface area contributed by atoms with Gasteiger partial charge in [0.1, 0.15) is 5.84 Å². The van der Waals surface area contributed by atoms with E-state index in [1.165, 1.54) is 24.0 Å². The average Bonchev–Trinajstić information content (AvgIpc) is 2.92. The molecule has 2 unspecified atom stereocenters. The molecule has 22 heavy (non-hydrogen) atoms. The van der Waals surface area contributed by atoms with Gasteiger partial charge in [-0.15, -0.1) is 0 Å². The molecule has 2 heterocycles. The Labute approximate surface area is 137 Å². The van der Waals surface area contributed by atoms with Gasteiger partial charge >= 0.3 is 0 Å². The fourth-order valence-electron chi connectivity index (χ4n) is 3.77. The van der Waals surface area contributed by atoms with Gasteiger partial charge in [0.15, 0.2) is 0 Å². The zero-order valence-corrected chi connectivity index (χ0v) is 14.2. The number of aliphatic imine (C=N–C) groups is 1. The van der Waals surface area contributed by atoms with Crippen LogP contribution >= 0.6 is 11.6 Å². The molecule has 0 aromatic rings. The molecule has 118 valence electrons. The van der Waals surface area contributed by atoms with Crippen molar-refractivity contribution in [1.82, 2.24) is 4.90 Å². The zero-order valence-electron chi connectivity index (χ0n) is 13.4. The molecule has 0 aromatic heterocycles. The number of amidine groups is 1. The number of allylic oxidation sites excluding steroid dienone is 2. The molecule has 1 aliphatic carbocycles. The summed E-state index contributed by atoms with van der Waals surface area (Å²) in [6, 6.07) is 0.0863. The lowest BCUT2D eigenvalue weighted by atomic mass is 9.78. The Bertz CT molecular complexity index is 618. The molecule has 0 aromatic carbocycles. The van der Waals surface area contributed by atoms with Crippen LogP contribution in [0.3, 0.4) is 0 Å². The van der Waals surface area contributed by atoms with Crippen molar-refractivity contribution >= 4 is 17.4 Å². The molecule has 4 heteroatoms. The van der Waals surface area contributed by atoms with E-state index in [0.717, 1.165) is 35.8 Å². The molecule has 1 saturated heterocycles. The van der Waals surface area contributed by atoms with Crippen molar-refractivity contribution in [3.05, 3.63) is 46.1 Å². The second-order valence-corrected chi connectivity index (χ2v) is 7.03. The minimum absolute atomic E-state index is 0.0863. The van der Waals surface area contributed by atoms with Gasteiger partial charge in [0.2, 0.25) is 0 Å². The largest absolute Gasteiger partial charge is 0.383 e. The Morgan fingerprint density at radius 2 is 2.14 bits per heavy atom. The summed E-state index contributed by atoms with van der Waals surface area (Å²) in [5.74, 6) is 0.833. The lowest BCUT2D eigenvalue weighted by Gasteiger charge is -2.36. The number of halogens is 1. The van der Waals surface area contributed by atoms with Crippen LogP contribution in [0.1, 0.15) is 26.7 Å². The average molecular weight is 318 g/mol. The molecule has 0 radical (unpaired) electrons. The van der Waals surface area contributed by atoms with Crippen LogP contribution in [0.5, 0.6) is 0 Å². The molecule has 0 saturated carbocycles. The van der Waals surface area contributed by atoms with E-state index in [0.29, 0.717) is 5.84 Å². The predicted octanol–water partition coefficient (Wildman–Crippen LogP) is 3.39. The van der Waals surface area contributed by atoms with Crippen LogP contribution in [0.25, 0.3) is 0 Å². The maximum atomic E-state index is 6.32. The summed E-state index contributed by atoms with van der Waals surface area (Å²) in [5.41, 5.74) is 10.8. The van der Waals surface area contributed by atoms with Crippen LogP contribution in [0.4, 0.5) is 0 Å². The van der Waals surface area contributed by atoms with E-state index in [1.54, 1.807) is 0 Å². The molecule has 0 spiro atoms. The fourth-order valence-corrected chi connectivity index (χ4v) is 4.08. The minimum atomic E-state index is 0.0863. The first-order valence-corrected chi connectivity index (χ1v) is 8.35. The number of hydrogen-bond donors (Lipinski definition) is 1. The fraction of sp³-hybridized carbons (Fsp3) is 0.500. The topological polar surface area (TPSA) is 41.6 Å².